The Morgan fingerprint density at radius 2 is 2.30 bits per heavy atom. The van der Waals surface area contributed by atoms with E-state index in [-0.39, 0.29) is 0 Å². The van der Waals surface area contributed by atoms with E-state index in [2.05, 4.69) is 22.5 Å². The summed E-state index contributed by atoms with van der Waals surface area (Å²) < 4.78 is 0. The molecule has 2 heterocycles. The summed E-state index contributed by atoms with van der Waals surface area (Å²) in [4.78, 5) is 4.13. The van der Waals surface area contributed by atoms with Gasteiger partial charge in [0.15, 0.2) is 0 Å². The van der Waals surface area contributed by atoms with Crippen molar-refractivity contribution in [3.8, 4) is 0 Å². The van der Waals surface area contributed by atoms with E-state index in [4.69, 9.17) is 0 Å². The van der Waals surface area contributed by atoms with Gasteiger partial charge >= 0.3 is 0 Å². The lowest BCUT2D eigenvalue weighted by Crippen LogP contribution is -2.16. The lowest BCUT2D eigenvalue weighted by molar-refractivity contribution is 0.766. The van der Waals surface area contributed by atoms with Gasteiger partial charge in [0, 0.05) is 18.3 Å². The molecule has 0 saturated carbocycles. The zero-order valence-corrected chi connectivity index (χ0v) is 5.75. The van der Waals surface area contributed by atoms with Crippen LogP contribution in [-0.4, -0.2) is 19.3 Å². The molecule has 0 unspecified atom stereocenters. The second kappa shape index (κ2) is 2.29. The third-order valence-corrected chi connectivity index (χ3v) is 1.69. The molecule has 2 nitrogen and oxygen atoms in total. The zero-order valence-electron chi connectivity index (χ0n) is 5.75. The fraction of sp³-hybridized carbons (Fsp3) is 0.375. The summed E-state index contributed by atoms with van der Waals surface area (Å²) in [6, 6.07) is 0. The van der Waals surface area contributed by atoms with Gasteiger partial charge < -0.3 is 0 Å². The molecule has 0 fully saturated rings. The summed E-state index contributed by atoms with van der Waals surface area (Å²) in [5.41, 5.74) is 2.35. The Morgan fingerprint density at radius 3 is 3.20 bits per heavy atom. The SMILES string of the molecule is C1=NCC=C2[N]CCC=C12. The molecular formula is C8H9N2. The van der Waals surface area contributed by atoms with Crippen LogP contribution in [0.3, 0.4) is 0 Å². The van der Waals surface area contributed by atoms with Crippen molar-refractivity contribution in [2.45, 2.75) is 6.42 Å². The first kappa shape index (κ1) is 5.71. The normalized spacial score (nSPS) is 22.4. The Kier molecular flexibility index (Phi) is 1.31. The molecule has 0 N–H and O–H groups in total. The van der Waals surface area contributed by atoms with Crippen molar-refractivity contribution in [2.75, 3.05) is 13.1 Å². The van der Waals surface area contributed by atoms with Crippen LogP contribution in [0.1, 0.15) is 6.42 Å². The highest BCUT2D eigenvalue weighted by Crippen LogP contribution is 2.14. The molecule has 0 saturated heterocycles. The molecule has 0 spiro atoms. The van der Waals surface area contributed by atoms with Crippen molar-refractivity contribution in [1.82, 2.24) is 5.32 Å². The fourth-order valence-corrected chi connectivity index (χ4v) is 1.19. The topological polar surface area (TPSA) is 26.5 Å². The van der Waals surface area contributed by atoms with Crippen LogP contribution < -0.4 is 5.32 Å². The van der Waals surface area contributed by atoms with Crippen LogP contribution in [0.4, 0.5) is 0 Å². The van der Waals surface area contributed by atoms with Crippen LogP contribution in [0.15, 0.2) is 28.4 Å². The summed E-state index contributed by atoms with van der Waals surface area (Å²) >= 11 is 0. The maximum Gasteiger partial charge on any atom is 0.0637 e. The van der Waals surface area contributed by atoms with Gasteiger partial charge in [-0.15, -0.1) is 0 Å². The molecule has 10 heavy (non-hydrogen) atoms. The van der Waals surface area contributed by atoms with Crippen LogP contribution >= 0.6 is 0 Å². The van der Waals surface area contributed by atoms with Crippen molar-refractivity contribution in [1.29, 1.82) is 0 Å². The summed E-state index contributed by atoms with van der Waals surface area (Å²) in [5, 5.41) is 4.35. The summed E-state index contributed by atoms with van der Waals surface area (Å²) in [6.45, 7) is 1.75. The summed E-state index contributed by atoms with van der Waals surface area (Å²) in [5.74, 6) is 0. The maximum absolute atomic E-state index is 4.35. The second-order valence-electron chi connectivity index (χ2n) is 2.41. The van der Waals surface area contributed by atoms with Crippen LogP contribution in [0.2, 0.25) is 0 Å². The molecule has 2 heteroatoms. The molecule has 0 bridgehead atoms. The second-order valence-corrected chi connectivity index (χ2v) is 2.41. The molecule has 0 atom stereocenters. The fourth-order valence-electron chi connectivity index (χ4n) is 1.19. The van der Waals surface area contributed by atoms with Crippen LogP contribution in [0, 0.1) is 0 Å². The van der Waals surface area contributed by atoms with E-state index in [1.54, 1.807) is 0 Å². The van der Waals surface area contributed by atoms with Gasteiger partial charge in [0.05, 0.1) is 12.2 Å². The molecule has 0 aliphatic carbocycles. The van der Waals surface area contributed by atoms with E-state index < -0.39 is 0 Å². The minimum atomic E-state index is 0.802. The number of dihydropyridines is 1. The van der Waals surface area contributed by atoms with E-state index in [1.165, 1.54) is 5.57 Å². The number of fused-ring (bicyclic) bond motifs is 1. The predicted octanol–water partition coefficient (Wildman–Crippen LogP) is 0.889. The largest absolute Gasteiger partial charge is 0.288 e. The first-order valence-electron chi connectivity index (χ1n) is 3.55. The molecule has 0 amide bonds. The van der Waals surface area contributed by atoms with Gasteiger partial charge in [0.25, 0.3) is 0 Å². The number of rotatable bonds is 0. The Bertz CT molecular complexity index is 223. The van der Waals surface area contributed by atoms with E-state index in [1.807, 2.05) is 6.21 Å². The van der Waals surface area contributed by atoms with E-state index in [0.29, 0.717) is 0 Å². The maximum atomic E-state index is 4.35. The number of aliphatic imine (C=N–C) groups is 1. The highest BCUT2D eigenvalue weighted by molar-refractivity contribution is 5.85. The van der Waals surface area contributed by atoms with Crippen molar-refractivity contribution in [3.63, 3.8) is 0 Å². The standard InChI is InChI=1S/C8H9N2/c1-2-7-6-9-5-3-8(7)10-4-1/h2-3,6H,1,4-5H2. The van der Waals surface area contributed by atoms with Crippen LogP contribution in [0.25, 0.3) is 0 Å². The molecule has 51 valence electrons. The molecule has 2 rings (SSSR count). The average Bonchev–Trinajstić information content (AvgIpc) is 2.05. The predicted molar refractivity (Wildman–Crippen MR) is 41.1 cm³/mol. The molecule has 1 radical (unpaired) electrons. The molecule has 0 aromatic carbocycles. The van der Waals surface area contributed by atoms with Gasteiger partial charge in [-0.2, -0.15) is 0 Å². The van der Waals surface area contributed by atoms with Gasteiger partial charge in [-0.25, -0.2) is 0 Å². The van der Waals surface area contributed by atoms with Gasteiger partial charge in [-0.3, -0.25) is 10.3 Å². The average molecular weight is 133 g/mol. The van der Waals surface area contributed by atoms with E-state index in [0.717, 1.165) is 25.2 Å². The monoisotopic (exact) mass is 133 g/mol. The van der Waals surface area contributed by atoms with E-state index >= 15 is 0 Å². The molecule has 0 aromatic rings. The van der Waals surface area contributed by atoms with Crippen molar-refractivity contribution >= 4 is 6.21 Å². The summed E-state index contributed by atoms with van der Waals surface area (Å²) in [6.07, 6.45) is 7.25. The smallest absolute Gasteiger partial charge is 0.0637 e. The van der Waals surface area contributed by atoms with Crippen molar-refractivity contribution in [3.05, 3.63) is 23.4 Å². The Labute approximate surface area is 60.3 Å². The van der Waals surface area contributed by atoms with Gasteiger partial charge in [0.2, 0.25) is 0 Å². The Balaban J connectivity index is 2.32. The number of allylic oxidation sites excluding steroid dienone is 1. The Morgan fingerprint density at radius 1 is 1.30 bits per heavy atom. The first-order valence-corrected chi connectivity index (χ1v) is 3.55. The molecular weight excluding hydrogens is 124 g/mol. The molecule has 0 aromatic heterocycles. The van der Waals surface area contributed by atoms with Crippen LogP contribution in [-0.2, 0) is 0 Å². The molecule has 2 aliphatic rings. The Hall–Kier alpha value is -1.05. The van der Waals surface area contributed by atoms with Crippen molar-refractivity contribution < 1.29 is 0 Å². The lowest BCUT2D eigenvalue weighted by atomic mass is 10.1. The van der Waals surface area contributed by atoms with Crippen molar-refractivity contribution in [2.24, 2.45) is 4.99 Å². The first-order chi connectivity index (χ1) is 4.97. The minimum Gasteiger partial charge on any atom is -0.288 e. The van der Waals surface area contributed by atoms with Gasteiger partial charge in [0.1, 0.15) is 0 Å². The van der Waals surface area contributed by atoms with Gasteiger partial charge in [-0.05, 0) is 12.5 Å². The highest BCUT2D eigenvalue weighted by Gasteiger charge is 2.09. The summed E-state index contributed by atoms with van der Waals surface area (Å²) in [7, 11) is 0. The van der Waals surface area contributed by atoms with Crippen LogP contribution in [0.5, 0.6) is 0 Å². The van der Waals surface area contributed by atoms with E-state index in [9.17, 15) is 0 Å². The third kappa shape index (κ3) is 0.856. The molecule has 2 aliphatic heterocycles. The number of hydrogen-bond acceptors (Lipinski definition) is 1. The number of hydrogen-bond donors (Lipinski definition) is 0. The number of nitrogens with zero attached hydrogens (tertiary/aromatic N) is 2. The van der Waals surface area contributed by atoms with Gasteiger partial charge in [-0.1, -0.05) is 6.08 Å². The third-order valence-electron chi connectivity index (χ3n) is 1.69. The zero-order chi connectivity index (χ0) is 6.81. The quantitative estimate of drug-likeness (QED) is 0.469. The lowest BCUT2D eigenvalue weighted by Gasteiger charge is -2.15. The highest BCUT2D eigenvalue weighted by atomic mass is 14.9. The minimum absolute atomic E-state index is 0.802.